The molecule has 4 rings (SSSR count). The molecule has 1 saturated carbocycles. The second-order valence-electron chi connectivity index (χ2n) is 8.43. The van der Waals surface area contributed by atoms with Gasteiger partial charge in [-0.15, -0.1) is 0 Å². The lowest BCUT2D eigenvalue weighted by Gasteiger charge is -2.35. The zero-order valence-electron chi connectivity index (χ0n) is 18.5. The van der Waals surface area contributed by atoms with Gasteiger partial charge in [0.15, 0.2) is 11.6 Å². The predicted octanol–water partition coefficient (Wildman–Crippen LogP) is 3.21. The Morgan fingerprint density at radius 3 is 2.47 bits per heavy atom. The average Bonchev–Trinajstić information content (AvgIpc) is 2.82. The lowest BCUT2D eigenvalue weighted by atomic mass is 9.79. The van der Waals surface area contributed by atoms with Crippen LogP contribution in [0.1, 0.15) is 32.6 Å². The Labute approximate surface area is 187 Å². The van der Waals surface area contributed by atoms with Crippen molar-refractivity contribution < 1.29 is 19.4 Å². The maximum atomic E-state index is 12.0. The van der Waals surface area contributed by atoms with Gasteiger partial charge in [0.1, 0.15) is 0 Å². The Morgan fingerprint density at radius 1 is 1.09 bits per heavy atom. The van der Waals surface area contributed by atoms with Crippen molar-refractivity contribution >= 4 is 34.7 Å². The van der Waals surface area contributed by atoms with E-state index in [1.165, 1.54) is 0 Å². The average molecular weight is 442 g/mol. The summed E-state index contributed by atoms with van der Waals surface area (Å²) in [6.45, 7) is 5.08. The van der Waals surface area contributed by atoms with Crippen LogP contribution in [0.2, 0.25) is 0 Å². The van der Waals surface area contributed by atoms with Crippen LogP contribution in [0.4, 0.5) is 16.4 Å². The van der Waals surface area contributed by atoms with E-state index in [1.807, 2.05) is 24.3 Å². The quantitative estimate of drug-likeness (QED) is 0.704. The maximum absolute atomic E-state index is 12.0. The number of fused-ring (bicyclic) bond motifs is 1. The largest absolute Gasteiger partial charge is 0.481 e. The summed E-state index contributed by atoms with van der Waals surface area (Å²) < 4.78 is 5.12. The van der Waals surface area contributed by atoms with Gasteiger partial charge in [0.05, 0.1) is 23.6 Å². The number of carbonyl (C=O) groups is 2. The molecule has 1 aliphatic heterocycles. The highest BCUT2D eigenvalue weighted by Gasteiger charge is 2.31. The number of ether oxygens (including phenoxy) is 1. The third-order valence-electron chi connectivity index (χ3n) is 6.42. The van der Waals surface area contributed by atoms with Gasteiger partial charge in [0.25, 0.3) is 0 Å². The fraction of sp³-hybridized carbons (Fsp3) is 0.565. The first-order valence-corrected chi connectivity index (χ1v) is 11.5. The molecule has 1 aliphatic carbocycles. The minimum atomic E-state index is -0.712. The summed E-state index contributed by atoms with van der Waals surface area (Å²) in [5.74, 6) is 0.457. The van der Waals surface area contributed by atoms with Crippen LogP contribution in [-0.2, 0) is 9.53 Å². The molecule has 1 aromatic carbocycles. The number of hydrogen-bond acceptors (Lipinski definition) is 7. The maximum Gasteiger partial charge on any atom is 0.409 e. The normalized spacial score (nSPS) is 21.4. The first kappa shape index (κ1) is 22.1. The standard InChI is InChI=1S/C23H31N5O4/c1-2-32-23(31)28-13-11-27(12-14-28)21-20(25-18-9-5-6-10-19(18)26-21)24-15-16-7-3-4-8-17(16)22(29)30/h5-6,9-10,16-17H,2-4,7-8,11-15H2,1H3,(H,24,25)(H,29,30)/t16-,17-/m0/s1. The lowest BCUT2D eigenvalue weighted by Crippen LogP contribution is -2.49. The molecule has 172 valence electrons. The molecule has 0 radical (unpaired) electrons. The fourth-order valence-corrected chi connectivity index (χ4v) is 4.65. The van der Waals surface area contributed by atoms with Gasteiger partial charge in [-0.05, 0) is 37.8 Å². The molecule has 2 aliphatic rings. The number of aliphatic carboxylic acids is 1. The topological polar surface area (TPSA) is 108 Å². The van der Waals surface area contributed by atoms with Crippen LogP contribution in [0, 0.1) is 11.8 Å². The summed E-state index contributed by atoms with van der Waals surface area (Å²) in [5, 5.41) is 13.0. The smallest absolute Gasteiger partial charge is 0.409 e. The second kappa shape index (κ2) is 10.0. The van der Waals surface area contributed by atoms with E-state index in [0.29, 0.717) is 45.1 Å². The van der Waals surface area contributed by atoms with E-state index >= 15 is 0 Å². The number of benzene rings is 1. The van der Waals surface area contributed by atoms with Gasteiger partial charge in [-0.2, -0.15) is 0 Å². The highest BCUT2D eigenvalue weighted by atomic mass is 16.6. The molecule has 2 atom stereocenters. The van der Waals surface area contributed by atoms with E-state index in [2.05, 4.69) is 10.2 Å². The highest BCUT2D eigenvalue weighted by molar-refractivity contribution is 5.80. The molecular formula is C23H31N5O4. The fourth-order valence-electron chi connectivity index (χ4n) is 4.65. The minimum absolute atomic E-state index is 0.0723. The molecule has 32 heavy (non-hydrogen) atoms. The number of carboxylic acids is 1. The van der Waals surface area contributed by atoms with E-state index < -0.39 is 5.97 Å². The number of carbonyl (C=O) groups excluding carboxylic acids is 1. The summed E-state index contributed by atoms with van der Waals surface area (Å²) in [4.78, 5) is 37.3. The summed E-state index contributed by atoms with van der Waals surface area (Å²) in [7, 11) is 0. The summed E-state index contributed by atoms with van der Waals surface area (Å²) in [6.07, 6.45) is 3.38. The third kappa shape index (κ3) is 4.87. The van der Waals surface area contributed by atoms with Crippen molar-refractivity contribution in [3.63, 3.8) is 0 Å². The molecule has 2 aromatic rings. The van der Waals surface area contributed by atoms with Gasteiger partial charge in [-0.1, -0.05) is 25.0 Å². The van der Waals surface area contributed by atoms with E-state index in [1.54, 1.807) is 11.8 Å². The minimum Gasteiger partial charge on any atom is -0.481 e. The van der Waals surface area contributed by atoms with Crippen LogP contribution >= 0.6 is 0 Å². The Kier molecular flexibility index (Phi) is 6.92. The van der Waals surface area contributed by atoms with Crippen LogP contribution in [0.15, 0.2) is 24.3 Å². The number of piperazine rings is 1. The van der Waals surface area contributed by atoms with E-state index in [9.17, 15) is 14.7 Å². The van der Waals surface area contributed by atoms with Crippen LogP contribution in [0.25, 0.3) is 11.0 Å². The van der Waals surface area contributed by atoms with Crippen LogP contribution < -0.4 is 10.2 Å². The number of amides is 1. The second-order valence-corrected chi connectivity index (χ2v) is 8.43. The molecule has 0 spiro atoms. The van der Waals surface area contributed by atoms with Gasteiger partial charge in [0, 0.05) is 32.7 Å². The number of aromatic nitrogens is 2. The van der Waals surface area contributed by atoms with E-state index in [-0.39, 0.29) is 17.9 Å². The number of anilines is 2. The zero-order chi connectivity index (χ0) is 22.5. The van der Waals surface area contributed by atoms with Gasteiger partial charge < -0.3 is 25.0 Å². The summed E-state index contributed by atoms with van der Waals surface area (Å²) in [6, 6.07) is 7.73. The molecule has 9 heteroatoms. The molecule has 1 amide bonds. The Morgan fingerprint density at radius 2 is 1.78 bits per heavy atom. The van der Waals surface area contributed by atoms with Gasteiger partial charge in [0.2, 0.25) is 0 Å². The zero-order valence-corrected chi connectivity index (χ0v) is 18.5. The van der Waals surface area contributed by atoms with Crippen molar-refractivity contribution in [2.75, 3.05) is 49.5 Å². The Balaban J connectivity index is 1.53. The third-order valence-corrected chi connectivity index (χ3v) is 6.42. The molecule has 2 fully saturated rings. The summed E-state index contributed by atoms with van der Waals surface area (Å²) in [5.41, 5.74) is 1.60. The van der Waals surface area contributed by atoms with Crippen molar-refractivity contribution in [2.45, 2.75) is 32.6 Å². The Bertz CT molecular complexity index is 961. The first-order chi connectivity index (χ1) is 15.6. The van der Waals surface area contributed by atoms with E-state index in [4.69, 9.17) is 14.7 Å². The van der Waals surface area contributed by atoms with Gasteiger partial charge >= 0.3 is 12.1 Å². The highest BCUT2D eigenvalue weighted by Crippen LogP contribution is 2.32. The first-order valence-electron chi connectivity index (χ1n) is 11.5. The lowest BCUT2D eigenvalue weighted by molar-refractivity contribution is -0.144. The van der Waals surface area contributed by atoms with Crippen molar-refractivity contribution in [2.24, 2.45) is 11.8 Å². The molecule has 9 nitrogen and oxygen atoms in total. The van der Waals surface area contributed by atoms with Crippen molar-refractivity contribution in [1.29, 1.82) is 0 Å². The van der Waals surface area contributed by atoms with Crippen LogP contribution in [0.3, 0.4) is 0 Å². The van der Waals surface area contributed by atoms with Crippen molar-refractivity contribution in [3.8, 4) is 0 Å². The van der Waals surface area contributed by atoms with Crippen molar-refractivity contribution in [3.05, 3.63) is 24.3 Å². The number of rotatable bonds is 6. The monoisotopic (exact) mass is 441 g/mol. The molecule has 1 saturated heterocycles. The van der Waals surface area contributed by atoms with Gasteiger partial charge in [-0.3, -0.25) is 4.79 Å². The number of carboxylic acid groups (broad SMARTS) is 1. The molecule has 1 aromatic heterocycles. The number of nitrogens with zero attached hydrogens (tertiary/aromatic N) is 4. The Hall–Kier alpha value is -3.10. The molecule has 0 unspecified atom stereocenters. The van der Waals surface area contributed by atoms with E-state index in [0.717, 1.165) is 42.5 Å². The molecule has 2 heterocycles. The van der Waals surface area contributed by atoms with Crippen molar-refractivity contribution in [1.82, 2.24) is 14.9 Å². The molecule has 0 bridgehead atoms. The number of nitrogens with one attached hydrogen (secondary N) is 1. The number of para-hydroxylation sites is 2. The molecular weight excluding hydrogens is 410 g/mol. The number of hydrogen-bond donors (Lipinski definition) is 2. The van der Waals surface area contributed by atoms with Gasteiger partial charge in [-0.25, -0.2) is 14.8 Å². The molecule has 2 N–H and O–H groups in total. The summed E-state index contributed by atoms with van der Waals surface area (Å²) >= 11 is 0. The van der Waals surface area contributed by atoms with Crippen LogP contribution in [0.5, 0.6) is 0 Å². The van der Waals surface area contributed by atoms with Crippen LogP contribution in [-0.4, -0.2) is 71.4 Å². The predicted molar refractivity (Wildman–Crippen MR) is 122 cm³/mol. The SMILES string of the molecule is CCOC(=O)N1CCN(c2nc3ccccc3nc2NC[C@@H]2CCCC[C@@H]2C(=O)O)CC1.